The zero-order chi connectivity index (χ0) is 10.1. The zero-order valence-electron chi connectivity index (χ0n) is 9.30. The summed E-state index contributed by atoms with van der Waals surface area (Å²) < 4.78 is 0. The van der Waals surface area contributed by atoms with Gasteiger partial charge in [0.25, 0.3) is 0 Å². The van der Waals surface area contributed by atoms with E-state index in [1.54, 1.807) is 0 Å². The van der Waals surface area contributed by atoms with Crippen LogP contribution in [0.3, 0.4) is 0 Å². The number of hydrogen-bond donors (Lipinski definition) is 1. The third kappa shape index (κ3) is 2.57. The molecule has 0 saturated carbocycles. The molecule has 0 spiro atoms. The van der Waals surface area contributed by atoms with Crippen LogP contribution in [0.1, 0.15) is 47.0 Å². The Morgan fingerprint density at radius 1 is 1.46 bits per heavy atom. The second kappa shape index (κ2) is 3.45. The molecule has 0 aromatic rings. The van der Waals surface area contributed by atoms with Crippen molar-refractivity contribution in [2.75, 3.05) is 0 Å². The summed E-state index contributed by atoms with van der Waals surface area (Å²) in [7, 11) is 0. The Morgan fingerprint density at radius 2 is 2.08 bits per heavy atom. The van der Waals surface area contributed by atoms with E-state index in [1.165, 1.54) is 0 Å². The van der Waals surface area contributed by atoms with Gasteiger partial charge >= 0.3 is 0 Å². The van der Waals surface area contributed by atoms with E-state index >= 15 is 0 Å². The Balaban J connectivity index is 2.67. The molecule has 2 unspecified atom stereocenters. The molecular weight excluding hydrogens is 160 g/mol. The fourth-order valence-corrected chi connectivity index (χ4v) is 1.90. The Bertz CT molecular complexity index is 200. The third-order valence-electron chi connectivity index (χ3n) is 3.25. The smallest absolute Gasteiger partial charge is 0.0825 e. The molecule has 0 aromatic heterocycles. The average Bonchev–Trinajstić information content (AvgIpc) is 2.04. The van der Waals surface area contributed by atoms with Crippen molar-refractivity contribution in [1.82, 2.24) is 0 Å². The minimum Gasteiger partial charge on any atom is -0.386 e. The largest absolute Gasteiger partial charge is 0.386 e. The van der Waals surface area contributed by atoms with Gasteiger partial charge in [0.2, 0.25) is 0 Å². The topological polar surface area (TPSA) is 20.2 Å². The van der Waals surface area contributed by atoms with Gasteiger partial charge in [-0.1, -0.05) is 39.8 Å². The molecule has 0 saturated heterocycles. The molecule has 0 aliphatic heterocycles. The Labute approximate surface area is 81.9 Å². The van der Waals surface area contributed by atoms with Crippen LogP contribution in [0.2, 0.25) is 0 Å². The fraction of sp³-hybridized carbons (Fsp3) is 0.833. The minimum atomic E-state index is -0.512. The van der Waals surface area contributed by atoms with Crippen LogP contribution in [0.15, 0.2) is 12.2 Å². The highest BCUT2D eigenvalue weighted by Gasteiger charge is 2.31. The van der Waals surface area contributed by atoms with E-state index in [4.69, 9.17) is 0 Å². The summed E-state index contributed by atoms with van der Waals surface area (Å²) in [5, 5.41) is 9.98. The van der Waals surface area contributed by atoms with Crippen LogP contribution in [-0.4, -0.2) is 10.7 Å². The third-order valence-corrected chi connectivity index (χ3v) is 3.25. The van der Waals surface area contributed by atoms with Gasteiger partial charge in [-0.2, -0.15) is 0 Å². The van der Waals surface area contributed by atoms with Gasteiger partial charge in [-0.25, -0.2) is 0 Å². The molecular formula is C12H22O. The van der Waals surface area contributed by atoms with Crippen LogP contribution in [-0.2, 0) is 0 Å². The summed E-state index contributed by atoms with van der Waals surface area (Å²) in [5.74, 6) is 0.624. The highest BCUT2D eigenvalue weighted by molar-refractivity contribution is 5.09. The number of hydrogen-bond acceptors (Lipinski definition) is 1. The van der Waals surface area contributed by atoms with Crippen molar-refractivity contribution >= 4 is 0 Å². The number of rotatable bonds is 1. The average molecular weight is 182 g/mol. The molecule has 0 bridgehead atoms. The van der Waals surface area contributed by atoms with Crippen LogP contribution in [0.4, 0.5) is 0 Å². The number of aliphatic hydroxyl groups is 1. The van der Waals surface area contributed by atoms with E-state index in [2.05, 4.69) is 26.8 Å². The zero-order valence-corrected chi connectivity index (χ0v) is 9.30. The van der Waals surface area contributed by atoms with Crippen LogP contribution >= 0.6 is 0 Å². The molecule has 13 heavy (non-hydrogen) atoms. The lowest BCUT2D eigenvalue weighted by Gasteiger charge is -2.36. The van der Waals surface area contributed by atoms with Crippen molar-refractivity contribution in [3.8, 4) is 0 Å². The first kappa shape index (κ1) is 10.8. The molecule has 1 aliphatic rings. The molecule has 0 fully saturated rings. The SMILES string of the molecule is CCC1(O)C=CC(C(C)(C)C)CC1. The van der Waals surface area contributed by atoms with Crippen molar-refractivity contribution in [2.45, 2.75) is 52.6 Å². The lowest BCUT2D eigenvalue weighted by atomic mass is 9.72. The van der Waals surface area contributed by atoms with Gasteiger partial charge in [-0.05, 0) is 30.6 Å². The molecule has 76 valence electrons. The normalized spacial score (nSPS) is 35.0. The lowest BCUT2D eigenvalue weighted by Crippen LogP contribution is -2.32. The minimum absolute atomic E-state index is 0.339. The second-order valence-corrected chi connectivity index (χ2v) is 5.33. The predicted octanol–water partition coefficient (Wildman–Crippen LogP) is 3.14. The first-order valence-corrected chi connectivity index (χ1v) is 5.29. The summed E-state index contributed by atoms with van der Waals surface area (Å²) in [5.41, 5.74) is -0.173. The molecule has 1 N–H and O–H groups in total. The predicted molar refractivity (Wildman–Crippen MR) is 56.6 cm³/mol. The molecule has 0 radical (unpaired) electrons. The van der Waals surface area contributed by atoms with Crippen LogP contribution in [0, 0.1) is 11.3 Å². The maximum absolute atomic E-state index is 9.98. The number of allylic oxidation sites excluding steroid dienone is 1. The fourth-order valence-electron chi connectivity index (χ4n) is 1.90. The Morgan fingerprint density at radius 3 is 2.38 bits per heavy atom. The molecule has 0 amide bonds. The highest BCUT2D eigenvalue weighted by atomic mass is 16.3. The van der Waals surface area contributed by atoms with E-state index in [9.17, 15) is 5.11 Å². The first-order chi connectivity index (χ1) is 5.87. The van der Waals surface area contributed by atoms with Crippen molar-refractivity contribution in [3.63, 3.8) is 0 Å². The molecule has 1 nitrogen and oxygen atoms in total. The summed E-state index contributed by atoms with van der Waals surface area (Å²) in [6.45, 7) is 8.83. The Hall–Kier alpha value is -0.300. The van der Waals surface area contributed by atoms with Gasteiger partial charge < -0.3 is 5.11 Å². The van der Waals surface area contributed by atoms with Crippen LogP contribution < -0.4 is 0 Å². The monoisotopic (exact) mass is 182 g/mol. The summed E-state index contributed by atoms with van der Waals surface area (Å²) in [6.07, 6.45) is 7.08. The van der Waals surface area contributed by atoms with Gasteiger partial charge in [0.15, 0.2) is 0 Å². The van der Waals surface area contributed by atoms with Crippen molar-refractivity contribution in [2.24, 2.45) is 11.3 Å². The van der Waals surface area contributed by atoms with Gasteiger partial charge in [0, 0.05) is 0 Å². The second-order valence-electron chi connectivity index (χ2n) is 5.33. The van der Waals surface area contributed by atoms with Crippen molar-refractivity contribution in [1.29, 1.82) is 0 Å². The van der Waals surface area contributed by atoms with E-state index < -0.39 is 5.60 Å². The maximum Gasteiger partial charge on any atom is 0.0825 e. The van der Waals surface area contributed by atoms with E-state index in [1.807, 2.05) is 13.0 Å². The molecule has 1 aliphatic carbocycles. The van der Waals surface area contributed by atoms with E-state index in [0.717, 1.165) is 19.3 Å². The quantitative estimate of drug-likeness (QED) is 0.618. The van der Waals surface area contributed by atoms with Crippen molar-refractivity contribution in [3.05, 3.63) is 12.2 Å². The van der Waals surface area contributed by atoms with Gasteiger partial charge in [-0.15, -0.1) is 0 Å². The van der Waals surface area contributed by atoms with Crippen LogP contribution in [0.5, 0.6) is 0 Å². The molecule has 0 aromatic carbocycles. The molecule has 1 heteroatoms. The standard InChI is InChI=1S/C12H22O/c1-5-12(13)8-6-10(7-9-12)11(2,3)4/h6,8,10,13H,5,7,9H2,1-4H3. The van der Waals surface area contributed by atoms with Gasteiger partial charge in [0.1, 0.15) is 0 Å². The van der Waals surface area contributed by atoms with E-state index in [-0.39, 0.29) is 0 Å². The van der Waals surface area contributed by atoms with Gasteiger partial charge in [-0.3, -0.25) is 0 Å². The van der Waals surface area contributed by atoms with E-state index in [0.29, 0.717) is 11.3 Å². The highest BCUT2D eigenvalue weighted by Crippen LogP contribution is 2.37. The first-order valence-electron chi connectivity index (χ1n) is 5.29. The summed E-state index contributed by atoms with van der Waals surface area (Å²) >= 11 is 0. The summed E-state index contributed by atoms with van der Waals surface area (Å²) in [6, 6.07) is 0. The lowest BCUT2D eigenvalue weighted by molar-refractivity contribution is 0.0556. The maximum atomic E-state index is 9.98. The molecule has 2 atom stereocenters. The van der Waals surface area contributed by atoms with Gasteiger partial charge in [0.05, 0.1) is 5.60 Å². The Kier molecular flexibility index (Phi) is 2.86. The van der Waals surface area contributed by atoms with Crippen LogP contribution in [0.25, 0.3) is 0 Å². The van der Waals surface area contributed by atoms with Crippen molar-refractivity contribution < 1.29 is 5.11 Å². The molecule has 0 heterocycles. The molecule has 1 rings (SSSR count). The summed E-state index contributed by atoms with van der Waals surface area (Å²) in [4.78, 5) is 0.